The van der Waals surface area contributed by atoms with Gasteiger partial charge in [-0.2, -0.15) is 13.2 Å². The van der Waals surface area contributed by atoms with Crippen LogP contribution in [0, 0.1) is 18.3 Å². The predicted molar refractivity (Wildman–Crippen MR) is 209 cm³/mol. The van der Waals surface area contributed by atoms with E-state index in [9.17, 15) is 22.8 Å². The highest BCUT2D eigenvalue weighted by molar-refractivity contribution is 7.98. The van der Waals surface area contributed by atoms with Crippen molar-refractivity contribution in [3.8, 4) is 0 Å². The fraction of sp³-hybridized carbons (Fsp3) is 0.615. The van der Waals surface area contributed by atoms with Gasteiger partial charge >= 0.3 is 6.18 Å². The zero-order valence-electron chi connectivity index (χ0n) is 31.1. The van der Waals surface area contributed by atoms with Gasteiger partial charge in [0, 0.05) is 4.90 Å². The van der Waals surface area contributed by atoms with Gasteiger partial charge in [0.25, 0.3) is 0 Å². The van der Waals surface area contributed by atoms with E-state index in [1.165, 1.54) is 64.0 Å². The van der Waals surface area contributed by atoms with Gasteiger partial charge in [-0.05, 0) is 62.1 Å². The lowest BCUT2D eigenvalue weighted by Gasteiger charge is -2.14. The van der Waals surface area contributed by atoms with Crippen molar-refractivity contribution in [1.82, 2.24) is 0 Å². The molecule has 1 saturated carbocycles. The van der Waals surface area contributed by atoms with Crippen LogP contribution in [0.3, 0.4) is 0 Å². The highest BCUT2D eigenvalue weighted by Crippen LogP contribution is 2.37. The Bertz CT molecular complexity index is 1030. The summed E-state index contributed by atoms with van der Waals surface area (Å²) in [4.78, 5) is 20.4. The van der Waals surface area contributed by atoms with Crippen LogP contribution in [0.2, 0.25) is 0 Å². The first-order chi connectivity index (χ1) is 21.4. The summed E-state index contributed by atoms with van der Waals surface area (Å²) in [5.74, 6) is 1.07. The minimum absolute atomic E-state index is 0. The third-order valence-electron chi connectivity index (χ3n) is 5.92. The minimum Gasteiger partial charge on any atom is -0.300 e. The average Bonchev–Trinajstić information content (AvgIpc) is 3.80. The maximum atomic E-state index is 12.7. The monoisotopic (exact) mass is 703 g/mol. The number of Topliss-reactive ketones (excluding diaryl/α,β-unsaturated/α-hetero) is 2. The molecule has 0 amide bonds. The standard InChI is InChI=1S/C11H13F3S.C8H10NP.C5H8O2.C4H8.2C4H10.C2H6.CH4/c1-7(2)8-4-5-10(15-3)9(6-8)11(12,13)14;1-6-2-4-7(5-3-6)8(9)10;1-4(6)3-5(2)7;1-4-2-3-4;2*1-3-4-2;1-2;/h4-7H,1-3H3;2-5,9H,10H2,1H3;3H2,1-2H3;4H,2-3H2,1H3;2*3-4H2,1-2H3;1-2H3;1H4. The number of ketones is 2. The fourth-order valence-electron chi connectivity index (χ4n) is 2.56. The number of benzene rings is 2. The zero-order chi connectivity index (χ0) is 36.9. The number of rotatable bonds is 7. The lowest BCUT2D eigenvalue weighted by atomic mass is 10.0. The van der Waals surface area contributed by atoms with Crippen LogP contribution < -0.4 is 0 Å². The number of thioether (sulfide) groups is 1. The van der Waals surface area contributed by atoms with E-state index in [-0.39, 0.29) is 36.2 Å². The lowest BCUT2D eigenvalue weighted by molar-refractivity contribution is -0.139. The number of hydrogen-bond donors (Lipinski definition) is 1. The molecule has 3 nitrogen and oxygen atoms in total. The van der Waals surface area contributed by atoms with Crippen LogP contribution in [-0.2, 0) is 15.8 Å². The third-order valence-corrected chi connectivity index (χ3v) is 7.05. The zero-order valence-corrected chi connectivity index (χ0v) is 33.1. The average molecular weight is 704 g/mol. The quantitative estimate of drug-likeness (QED) is 0.135. The lowest BCUT2D eigenvalue weighted by Crippen LogP contribution is -2.07. The van der Waals surface area contributed by atoms with Crippen molar-refractivity contribution in [2.45, 2.75) is 152 Å². The number of aryl methyl sites for hydroxylation is 1. The Balaban J connectivity index is -0.000000160. The predicted octanol–water partition coefficient (Wildman–Crippen LogP) is 14.0. The highest BCUT2D eigenvalue weighted by Gasteiger charge is 2.33. The normalized spacial score (nSPS) is 10.8. The van der Waals surface area contributed by atoms with Crippen LogP contribution in [0.15, 0.2) is 47.4 Å². The number of hydrogen-bond acceptors (Lipinski definition) is 4. The molecular weight excluding hydrogens is 634 g/mol. The molecule has 274 valence electrons. The number of carbonyl (C=O) groups excluding carboxylic acids is 2. The summed E-state index contributed by atoms with van der Waals surface area (Å²) in [7, 11) is 2.37. The fourth-order valence-corrected chi connectivity index (χ4v) is 3.35. The summed E-state index contributed by atoms with van der Waals surface area (Å²) in [5, 5.41) is 7.27. The van der Waals surface area contributed by atoms with E-state index in [1.807, 2.05) is 58.9 Å². The summed E-state index contributed by atoms with van der Waals surface area (Å²) in [6.07, 6.45) is 5.73. The number of halogens is 3. The van der Waals surface area contributed by atoms with Gasteiger partial charge < -0.3 is 5.41 Å². The molecule has 1 aliphatic carbocycles. The Morgan fingerprint density at radius 2 is 1.28 bits per heavy atom. The van der Waals surface area contributed by atoms with Gasteiger partial charge in [0.15, 0.2) is 0 Å². The second-order valence-electron chi connectivity index (χ2n) is 11.2. The van der Waals surface area contributed by atoms with Crippen molar-refractivity contribution in [1.29, 1.82) is 5.41 Å². The van der Waals surface area contributed by atoms with Crippen molar-refractivity contribution in [2.24, 2.45) is 5.92 Å². The second kappa shape index (κ2) is 33.9. The molecular formula is C39H69F3NO2PS. The first kappa shape index (κ1) is 54.5. The third kappa shape index (κ3) is 36.7. The molecule has 1 unspecified atom stereocenters. The van der Waals surface area contributed by atoms with E-state index < -0.39 is 11.7 Å². The first-order valence-corrected chi connectivity index (χ1v) is 18.4. The van der Waals surface area contributed by atoms with Gasteiger partial charge in [0.05, 0.1) is 17.4 Å². The molecule has 0 saturated heterocycles. The Morgan fingerprint density at radius 1 is 0.894 bits per heavy atom. The molecule has 47 heavy (non-hydrogen) atoms. The topological polar surface area (TPSA) is 58.0 Å². The number of unbranched alkanes of at least 4 members (excludes halogenated alkanes) is 2. The molecule has 0 heterocycles. The molecule has 1 N–H and O–H groups in total. The summed E-state index contributed by atoms with van der Waals surface area (Å²) in [5.41, 5.74) is 2.94. The van der Waals surface area contributed by atoms with Crippen LogP contribution in [0.4, 0.5) is 13.2 Å². The van der Waals surface area contributed by atoms with Gasteiger partial charge in [-0.1, -0.05) is 153 Å². The molecule has 8 heteroatoms. The van der Waals surface area contributed by atoms with Crippen molar-refractivity contribution < 1.29 is 22.8 Å². The van der Waals surface area contributed by atoms with Crippen LogP contribution in [0.5, 0.6) is 0 Å². The Labute approximate surface area is 294 Å². The van der Waals surface area contributed by atoms with Gasteiger partial charge in [-0.3, -0.25) is 9.59 Å². The number of carbonyl (C=O) groups is 2. The van der Waals surface area contributed by atoms with Gasteiger partial charge in [0.2, 0.25) is 0 Å². The molecule has 1 atom stereocenters. The molecule has 0 radical (unpaired) electrons. The number of nitrogens with one attached hydrogen (secondary N) is 1. The SMILES string of the molecule is C.CC.CC(=O)CC(C)=O.CC1CC1.CCCC.CCCC.CSc1ccc(C(C)C)cc1C(F)(F)F.Cc1ccc(C(=N)P)cc1. The van der Waals surface area contributed by atoms with E-state index in [2.05, 4.69) is 43.9 Å². The van der Waals surface area contributed by atoms with E-state index in [4.69, 9.17) is 5.41 Å². The van der Waals surface area contributed by atoms with Crippen molar-refractivity contribution >= 4 is 38.0 Å². The molecule has 1 fully saturated rings. The maximum Gasteiger partial charge on any atom is 0.417 e. The smallest absolute Gasteiger partial charge is 0.300 e. The molecule has 2 aromatic rings. The van der Waals surface area contributed by atoms with Crippen LogP contribution in [0.1, 0.15) is 157 Å². The largest absolute Gasteiger partial charge is 0.417 e. The molecule has 0 aliphatic heterocycles. The van der Waals surface area contributed by atoms with Crippen LogP contribution in [-0.4, -0.2) is 23.3 Å². The molecule has 0 spiro atoms. The molecule has 2 aromatic carbocycles. The van der Waals surface area contributed by atoms with E-state index in [0.29, 0.717) is 5.45 Å². The molecule has 1 aliphatic rings. The first-order valence-electron chi connectivity index (χ1n) is 16.6. The molecule has 0 bridgehead atoms. The van der Waals surface area contributed by atoms with E-state index >= 15 is 0 Å². The highest BCUT2D eigenvalue weighted by atomic mass is 32.2. The van der Waals surface area contributed by atoms with Gasteiger partial charge in [-0.25, -0.2) is 0 Å². The summed E-state index contributed by atoms with van der Waals surface area (Å²) in [6, 6.07) is 12.5. The summed E-state index contributed by atoms with van der Waals surface area (Å²) < 4.78 is 38.0. The Kier molecular flexibility index (Phi) is 39.3. The van der Waals surface area contributed by atoms with E-state index in [1.54, 1.807) is 18.4 Å². The maximum absolute atomic E-state index is 12.7. The number of alkyl halides is 3. The van der Waals surface area contributed by atoms with Gasteiger partial charge in [0.1, 0.15) is 11.6 Å². The van der Waals surface area contributed by atoms with Crippen molar-refractivity contribution in [3.05, 3.63) is 64.7 Å². The van der Waals surface area contributed by atoms with Crippen LogP contribution in [0.25, 0.3) is 0 Å². The molecule has 0 aromatic heterocycles. The summed E-state index contributed by atoms with van der Waals surface area (Å²) >= 11 is 1.12. The van der Waals surface area contributed by atoms with Crippen molar-refractivity contribution in [3.63, 3.8) is 0 Å². The van der Waals surface area contributed by atoms with Crippen LogP contribution >= 0.6 is 21.0 Å². The summed E-state index contributed by atoms with van der Waals surface area (Å²) in [6.45, 7) is 23.6. The second-order valence-corrected chi connectivity index (χ2v) is 12.6. The van der Waals surface area contributed by atoms with Gasteiger partial charge in [-0.15, -0.1) is 11.8 Å². The Morgan fingerprint density at radius 3 is 1.49 bits per heavy atom. The molecule has 3 rings (SSSR count). The Hall–Kier alpha value is -1.98. The minimum atomic E-state index is -4.26. The van der Waals surface area contributed by atoms with E-state index in [0.717, 1.165) is 28.8 Å². The van der Waals surface area contributed by atoms with Crippen molar-refractivity contribution in [2.75, 3.05) is 6.26 Å².